The van der Waals surface area contributed by atoms with E-state index in [1.807, 2.05) is 19.1 Å². The van der Waals surface area contributed by atoms with Crippen LogP contribution in [0.3, 0.4) is 0 Å². The van der Waals surface area contributed by atoms with Gasteiger partial charge < -0.3 is 14.4 Å². The van der Waals surface area contributed by atoms with Crippen molar-refractivity contribution in [1.29, 1.82) is 0 Å². The van der Waals surface area contributed by atoms with Gasteiger partial charge >= 0.3 is 0 Å². The molecule has 7 nitrogen and oxygen atoms in total. The highest BCUT2D eigenvalue weighted by Gasteiger charge is 2.31. The number of hydrogen-bond acceptors (Lipinski definition) is 5. The fraction of sp³-hybridized carbons (Fsp3) is 0.667. The van der Waals surface area contributed by atoms with Crippen molar-refractivity contribution >= 4 is 15.9 Å². The van der Waals surface area contributed by atoms with Crippen molar-refractivity contribution in [3.8, 4) is 0 Å². The minimum Gasteiger partial charge on any atom is -0.379 e. The summed E-state index contributed by atoms with van der Waals surface area (Å²) in [5.41, 5.74) is 1.06. The van der Waals surface area contributed by atoms with Crippen LogP contribution in [0.15, 0.2) is 29.2 Å². The maximum absolute atomic E-state index is 12.9. The molecule has 1 heterocycles. The summed E-state index contributed by atoms with van der Waals surface area (Å²) in [5.74, 6) is -0.118. The highest BCUT2D eigenvalue weighted by Crippen LogP contribution is 2.25. The Bertz CT molecular complexity index is 763. The summed E-state index contributed by atoms with van der Waals surface area (Å²) in [4.78, 5) is 14.5. The number of amides is 1. The van der Waals surface area contributed by atoms with Crippen LogP contribution in [0.5, 0.6) is 0 Å². The van der Waals surface area contributed by atoms with Gasteiger partial charge in [0.25, 0.3) is 5.91 Å². The van der Waals surface area contributed by atoms with Gasteiger partial charge in [0.05, 0.1) is 18.1 Å². The maximum atomic E-state index is 12.9. The van der Waals surface area contributed by atoms with E-state index in [0.29, 0.717) is 32.9 Å². The molecule has 29 heavy (non-hydrogen) atoms. The van der Waals surface area contributed by atoms with E-state index in [1.54, 1.807) is 24.0 Å². The smallest absolute Gasteiger partial charge is 0.251 e. The first-order chi connectivity index (χ1) is 13.6. The van der Waals surface area contributed by atoms with Crippen molar-refractivity contribution in [2.45, 2.75) is 51.0 Å². The third kappa shape index (κ3) is 6.25. The van der Waals surface area contributed by atoms with E-state index in [0.717, 1.165) is 5.56 Å². The third-order valence-electron chi connectivity index (χ3n) is 5.06. The fourth-order valence-corrected chi connectivity index (χ4v) is 4.60. The highest BCUT2D eigenvalue weighted by molar-refractivity contribution is 7.89. The number of benzene rings is 1. The number of rotatable bonds is 8. The molecule has 8 heteroatoms. The Morgan fingerprint density at radius 1 is 1.07 bits per heavy atom. The van der Waals surface area contributed by atoms with Crippen LogP contribution in [-0.2, 0) is 29.7 Å². The van der Waals surface area contributed by atoms with E-state index in [-0.39, 0.29) is 29.3 Å². The van der Waals surface area contributed by atoms with Crippen molar-refractivity contribution in [2.75, 3.05) is 46.0 Å². The van der Waals surface area contributed by atoms with Crippen LogP contribution in [0.1, 0.15) is 40.2 Å². The molecule has 1 fully saturated rings. The molecule has 1 aromatic rings. The molecule has 1 unspecified atom stereocenters. The largest absolute Gasteiger partial charge is 0.379 e. The molecule has 1 aromatic carbocycles. The Morgan fingerprint density at radius 2 is 1.66 bits per heavy atom. The molecule has 1 aliphatic heterocycles. The zero-order valence-electron chi connectivity index (χ0n) is 18.2. The van der Waals surface area contributed by atoms with Gasteiger partial charge in [-0.05, 0) is 37.0 Å². The number of carbonyl (C=O) groups is 1. The molecule has 1 aliphatic rings. The average molecular weight is 427 g/mol. The lowest BCUT2D eigenvalue weighted by atomic mass is 9.87. The molecule has 0 spiro atoms. The number of nitrogens with zero attached hydrogens (tertiary/aromatic N) is 2. The molecule has 2 rings (SSSR count). The Hall–Kier alpha value is -1.48. The van der Waals surface area contributed by atoms with E-state index in [4.69, 9.17) is 9.47 Å². The van der Waals surface area contributed by atoms with Gasteiger partial charge in [0.15, 0.2) is 0 Å². The molecule has 0 saturated carbocycles. The summed E-state index contributed by atoms with van der Waals surface area (Å²) in [7, 11) is -3.57. The molecule has 0 N–H and O–H groups in total. The molecule has 1 atom stereocenters. The predicted molar refractivity (Wildman–Crippen MR) is 112 cm³/mol. The van der Waals surface area contributed by atoms with Gasteiger partial charge in [-0.2, -0.15) is 4.31 Å². The number of carbonyl (C=O) groups excluding carboxylic acids is 1. The molecule has 0 radical (unpaired) electrons. The van der Waals surface area contributed by atoms with Crippen molar-refractivity contribution in [3.05, 3.63) is 29.8 Å². The van der Waals surface area contributed by atoms with Crippen molar-refractivity contribution < 1.29 is 22.7 Å². The molecule has 0 aromatic heterocycles. The first-order valence-electron chi connectivity index (χ1n) is 10.2. The van der Waals surface area contributed by atoms with E-state index in [2.05, 4.69) is 20.8 Å². The van der Waals surface area contributed by atoms with E-state index in [9.17, 15) is 13.2 Å². The average Bonchev–Trinajstić information content (AvgIpc) is 2.70. The SMILES string of the molecule is CCOCCOC(C)C(=O)N1CCN(S(=O)(=O)c2ccc(C(C)(C)C)cc2)CC1. The Kier molecular flexibility index (Phi) is 8.22. The fourth-order valence-electron chi connectivity index (χ4n) is 3.18. The zero-order valence-corrected chi connectivity index (χ0v) is 19.0. The Morgan fingerprint density at radius 3 is 2.17 bits per heavy atom. The number of ether oxygens (including phenoxy) is 2. The van der Waals surface area contributed by atoms with Gasteiger partial charge in [0.2, 0.25) is 10.0 Å². The maximum Gasteiger partial charge on any atom is 0.251 e. The van der Waals surface area contributed by atoms with E-state index < -0.39 is 16.1 Å². The first-order valence-corrected chi connectivity index (χ1v) is 11.6. The van der Waals surface area contributed by atoms with Crippen LogP contribution in [0.25, 0.3) is 0 Å². The summed E-state index contributed by atoms with van der Waals surface area (Å²) >= 11 is 0. The van der Waals surface area contributed by atoms with Gasteiger partial charge in [-0.3, -0.25) is 4.79 Å². The van der Waals surface area contributed by atoms with Crippen LogP contribution in [0.2, 0.25) is 0 Å². The lowest BCUT2D eigenvalue weighted by Crippen LogP contribution is -2.52. The van der Waals surface area contributed by atoms with Gasteiger partial charge in [0.1, 0.15) is 6.10 Å². The minimum atomic E-state index is -3.57. The van der Waals surface area contributed by atoms with Crippen LogP contribution in [0.4, 0.5) is 0 Å². The van der Waals surface area contributed by atoms with Crippen LogP contribution in [-0.4, -0.2) is 75.6 Å². The van der Waals surface area contributed by atoms with Crippen LogP contribution < -0.4 is 0 Å². The Balaban J connectivity index is 1.93. The number of hydrogen-bond donors (Lipinski definition) is 0. The third-order valence-corrected chi connectivity index (χ3v) is 6.97. The molecule has 1 amide bonds. The predicted octanol–water partition coefficient (Wildman–Crippen LogP) is 2.26. The van der Waals surface area contributed by atoms with Crippen LogP contribution in [0, 0.1) is 0 Å². The molecule has 0 bridgehead atoms. The summed E-state index contributed by atoms with van der Waals surface area (Å²) in [5, 5.41) is 0. The monoisotopic (exact) mass is 426 g/mol. The van der Waals surface area contributed by atoms with E-state index >= 15 is 0 Å². The second kappa shape index (κ2) is 10.0. The first kappa shape index (κ1) is 23.8. The van der Waals surface area contributed by atoms with Crippen molar-refractivity contribution in [1.82, 2.24) is 9.21 Å². The normalized spacial score (nSPS) is 17.3. The summed E-state index contributed by atoms with van der Waals surface area (Å²) < 4.78 is 38.1. The van der Waals surface area contributed by atoms with Gasteiger partial charge in [-0.15, -0.1) is 0 Å². The second-order valence-corrected chi connectivity index (χ2v) is 10.2. The number of piperazine rings is 1. The molecular weight excluding hydrogens is 392 g/mol. The van der Waals surface area contributed by atoms with Crippen molar-refractivity contribution in [3.63, 3.8) is 0 Å². The second-order valence-electron chi connectivity index (χ2n) is 8.21. The topological polar surface area (TPSA) is 76.2 Å². The molecule has 164 valence electrons. The van der Waals surface area contributed by atoms with Gasteiger partial charge in [0, 0.05) is 32.8 Å². The molecule has 1 saturated heterocycles. The van der Waals surface area contributed by atoms with Crippen molar-refractivity contribution in [2.24, 2.45) is 0 Å². The van der Waals surface area contributed by atoms with Crippen LogP contribution >= 0.6 is 0 Å². The van der Waals surface area contributed by atoms with Gasteiger partial charge in [-0.25, -0.2) is 8.42 Å². The van der Waals surface area contributed by atoms with Gasteiger partial charge in [-0.1, -0.05) is 32.9 Å². The lowest BCUT2D eigenvalue weighted by Gasteiger charge is -2.35. The van der Waals surface area contributed by atoms with E-state index in [1.165, 1.54) is 4.31 Å². The summed E-state index contributed by atoms with van der Waals surface area (Å²) in [6.45, 7) is 12.6. The standard InChI is InChI=1S/C21H34N2O5S/c1-6-27-15-16-28-17(2)20(24)22-11-13-23(14-12-22)29(25,26)19-9-7-18(8-10-19)21(3,4)5/h7-10,17H,6,11-16H2,1-5H3. The quantitative estimate of drug-likeness (QED) is 0.596. The Labute approximate surface area is 175 Å². The summed E-state index contributed by atoms with van der Waals surface area (Å²) in [6, 6.07) is 7.07. The number of sulfonamides is 1. The highest BCUT2D eigenvalue weighted by atomic mass is 32.2. The zero-order chi connectivity index (χ0) is 21.7. The minimum absolute atomic E-state index is 0.0320. The summed E-state index contributed by atoms with van der Waals surface area (Å²) in [6.07, 6.45) is -0.566. The molecular formula is C21H34N2O5S. The molecule has 0 aliphatic carbocycles. The lowest BCUT2D eigenvalue weighted by molar-refractivity contribution is -0.144.